The number of carbonyl (C=O) groups is 2. The van der Waals surface area contributed by atoms with Crippen LogP contribution in [0.1, 0.15) is 44.2 Å². The molecular weight excluding hydrogens is 433 g/mol. The maximum absolute atomic E-state index is 14.1. The highest BCUT2D eigenvalue weighted by Gasteiger charge is 2.41. The molecule has 32 heavy (non-hydrogen) atoms. The number of hydrogen-bond acceptors (Lipinski definition) is 7. The molecule has 3 heterocycles. The SMILES string of the molecule is CCC1=C(C(=O)OC)[C@@H](c2cccc(F)c2)N2C(CC(=O)NC[C@H]3CCCO3)=CSC2=N1. The Morgan fingerprint density at radius 2 is 2.25 bits per heavy atom. The molecular formula is C23H26FN3O4S. The summed E-state index contributed by atoms with van der Waals surface area (Å²) in [6.45, 7) is 3.11. The third-order valence-electron chi connectivity index (χ3n) is 5.69. The van der Waals surface area contributed by atoms with Gasteiger partial charge < -0.3 is 19.7 Å². The van der Waals surface area contributed by atoms with Gasteiger partial charge in [-0.25, -0.2) is 14.2 Å². The number of benzene rings is 1. The average Bonchev–Trinajstić information content (AvgIpc) is 3.46. The van der Waals surface area contributed by atoms with Crippen LogP contribution in [-0.2, 0) is 19.1 Å². The summed E-state index contributed by atoms with van der Waals surface area (Å²) in [6, 6.07) is 5.51. The number of ether oxygens (including phenoxy) is 2. The molecule has 0 saturated carbocycles. The Morgan fingerprint density at radius 1 is 1.41 bits per heavy atom. The third-order valence-corrected chi connectivity index (χ3v) is 6.57. The molecule has 0 radical (unpaired) electrons. The van der Waals surface area contributed by atoms with Crippen LogP contribution in [0, 0.1) is 5.82 Å². The van der Waals surface area contributed by atoms with Gasteiger partial charge >= 0.3 is 5.97 Å². The number of amides is 1. The first kappa shape index (κ1) is 22.5. The molecule has 1 N–H and O–H groups in total. The van der Waals surface area contributed by atoms with Crippen LogP contribution in [0.15, 0.2) is 51.6 Å². The smallest absolute Gasteiger partial charge is 0.338 e. The Balaban J connectivity index is 1.63. The summed E-state index contributed by atoms with van der Waals surface area (Å²) in [5, 5.41) is 5.46. The van der Waals surface area contributed by atoms with Crippen LogP contribution in [0.5, 0.6) is 0 Å². The largest absolute Gasteiger partial charge is 0.466 e. The minimum absolute atomic E-state index is 0.0546. The fourth-order valence-electron chi connectivity index (χ4n) is 4.16. The van der Waals surface area contributed by atoms with E-state index in [0.717, 1.165) is 19.4 Å². The first-order valence-electron chi connectivity index (χ1n) is 10.7. The Labute approximate surface area is 190 Å². The van der Waals surface area contributed by atoms with Gasteiger partial charge in [0.05, 0.1) is 36.9 Å². The van der Waals surface area contributed by atoms with Gasteiger partial charge in [-0.05, 0) is 42.4 Å². The number of thioether (sulfide) groups is 1. The van der Waals surface area contributed by atoms with E-state index in [1.807, 2.05) is 17.2 Å². The predicted octanol–water partition coefficient (Wildman–Crippen LogP) is 3.65. The number of carbonyl (C=O) groups excluding carboxylic acids is 2. The summed E-state index contributed by atoms with van der Waals surface area (Å²) in [5.41, 5.74) is 2.25. The quantitative estimate of drug-likeness (QED) is 0.627. The van der Waals surface area contributed by atoms with Gasteiger partial charge in [0, 0.05) is 18.8 Å². The molecule has 9 heteroatoms. The van der Waals surface area contributed by atoms with E-state index in [4.69, 9.17) is 9.47 Å². The molecule has 1 aromatic carbocycles. The normalized spacial score (nSPS) is 22.4. The number of fused-ring (bicyclic) bond motifs is 1. The molecule has 2 atom stereocenters. The fourth-order valence-corrected chi connectivity index (χ4v) is 5.10. The van der Waals surface area contributed by atoms with Crippen molar-refractivity contribution in [1.29, 1.82) is 0 Å². The average molecular weight is 460 g/mol. The van der Waals surface area contributed by atoms with Crippen LogP contribution < -0.4 is 5.32 Å². The second-order valence-corrected chi connectivity index (χ2v) is 8.61. The summed E-state index contributed by atoms with van der Waals surface area (Å²) in [7, 11) is 1.32. The molecule has 0 aliphatic carbocycles. The maximum atomic E-state index is 14.1. The van der Waals surface area contributed by atoms with E-state index in [1.54, 1.807) is 12.1 Å². The van der Waals surface area contributed by atoms with Crippen LogP contribution >= 0.6 is 11.8 Å². The van der Waals surface area contributed by atoms with E-state index in [2.05, 4.69) is 10.3 Å². The lowest BCUT2D eigenvalue weighted by Gasteiger charge is -2.36. The minimum atomic E-state index is -0.632. The van der Waals surface area contributed by atoms with Gasteiger partial charge in [0.15, 0.2) is 5.17 Å². The summed E-state index contributed by atoms with van der Waals surface area (Å²) < 4.78 is 24.8. The minimum Gasteiger partial charge on any atom is -0.466 e. The lowest BCUT2D eigenvalue weighted by molar-refractivity contribution is -0.136. The van der Waals surface area contributed by atoms with Crippen molar-refractivity contribution in [3.8, 4) is 0 Å². The van der Waals surface area contributed by atoms with Crippen molar-refractivity contribution in [2.24, 2.45) is 4.99 Å². The summed E-state index contributed by atoms with van der Waals surface area (Å²) in [6.07, 6.45) is 2.63. The van der Waals surface area contributed by atoms with Crippen LogP contribution in [0.2, 0.25) is 0 Å². The number of aliphatic imine (C=N–C) groups is 1. The van der Waals surface area contributed by atoms with Crippen LogP contribution in [-0.4, -0.2) is 48.3 Å². The van der Waals surface area contributed by atoms with Gasteiger partial charge in [-0.2, -0.15) is 0 Å². The molecule has 0 unspecified atom stereocenters. The number of nitrogens with one attached hydrogen (secondary N) is 1. The Hall–Kier alpha value is -2.65. The van der Waals surface area contributed by atoms with Gasteiger partial charge in [-0.3, -0.25) is 4.79 Å². The molecule has 1 amide bonds. The number of methoxy groups -OCH3 is 1. The second kappa shape index (κ2) is 9.87. The monoisotopic (exact) mass is 459 g/mol. The van der Waals surface area contributed by atoms with E-state index in [1.165, 1.54) is 31.0 Å². The molecule has 3 aliphatic heterocycles. The molecule has 1 fully saturated rings. The molecule has 0 bridgehead atoms. The number of amidine groups is 1. The zero-order valence-electron chi connectivity index (χ0n) is 18.1. The lowest BCUT2D eigenvalue weighted by atomic mass is 9.93. The van der Waals surface area contributed by atoms with E-state index >= 15 is 0 Å². The topological polar surface area (TPSA) is 80.2 Å². The molecule has 0 spiro atoms. The highest BCUT2D eigenvalue weighted by Crippen LogP contribution is 2.45. The van der Waals surface area contributed by atoms with Crippen LogP contribution in [0.3, 0.4) is 0 Å². The first-order chi connectivity index (χ1) is 15.5. The number of allylic oxidation sites excluding steroid dienone is 1. The Kier molecular flexibility index (Phi) is 6.95. The number of hydrogen-bond donors (Lipinski definition) is 1. The molecule has 4 rings (SSSR count). The Morgan fingerprint density at radius 3 is 2.94 bits per heavy atom. The van der Waals surface area contributed by atoms with Crippen molar-refractivity contribution >= 4 is 28.8 Å². The molecule has 3 aliphatic rings. The molecule has 0 aromatic heterocycles. The zero-order valence-corrected chi connectivity index (χ0v) is 18.9. The van der Waals surface area contributed by atoms with Crippen LogP contribution in [0.4, 0.5) is 4.39 Å². The number of halogens is 1. The fraction of sp³-hybridized carbons (Fsp3) is 0.435. The third kappa shape index (κ3) is 4.59. The highest BCUT2D eigenvalue weighted by molar-refractivity contribution is 8.16. The van der Waals surface area contributed by atoms with E-state index in [-0.39, 0.29) is 18.4 Å². The van der Waals surface area contributed by atoms with E-state index in [0.29, 0.717) is 40.7 Å². The predicted molar refractivity (Wildman–Crippen MR) is 120 cm³/mol. The van der Waals surface area contributed by atoms with Crippen LogP contribution in [0.25, 0.3) is 0 Å². The van der Waals surface area contributed by atoms with Gasteiger partial charge in [0.1, 0.15) is 5.82 Å². The number of nitrogens with zero attached hydrogens (tertiary/aromatic N) is 2. The maximum Gasteiger partial charge on any atom is 0.338 e. The second-order valence-electron chi connectivity index (χ2n) is 7.77. The van der Waals surface area contributed by atoms with E-state index in [9.17, 15) is 14.0 Å². The van der Waals surface area contributed by atoms with Crippen molar-refractivity contribution in [1.82, 2.24) is 10.2 Å². The summed E-state index contributed by atoms with van der Waals surface area (Å²) in [5.74, 6) is -1.06. The van der Waals surface area contributed by atoms with Gasteiger partial charge in [-0.1, -0.05) is 30.8 Å². The molecule has 170 valence electrons. The standard InChI is InChI=1S/C23H26FN3O4S/c1-3-18-20(22(29)30-2)21(14-6-4-7-15(24)10-14)27-16(13-32-23(27)26-18)11-19(28)25-12-17-8-5-9-31-17/h4,6-7,10,13,17,21H,3,5,8-9,11-12H2,1-2H3,(H,25,28)/t17-,21-/m1/s1. The number of rotatable bonds is 7. The van der Waals surface area contributed by atoms with Gasteiger partial charge in [0.25, 0.3) is 0 Å². The Bertz CT molecular complexity index is 1000. The molecule has 7 nitrogen and oxygen atoms in total. The van der Waals surface area contributed by atoms with Crippen molar-refractivity contribution < 1.29 is 23.5 Å². The lowest BCUT2D eigenvalue weighted by Crippen LogP contribution is -2.39. The summed E-state index contributed by atoms with van der Waals surface area (Å²) in [4.78, 5) is 32.0. The highest BCUT2D eigenvalue weighted by atomic mass is 32.2. The molecule has 1 saturated heterocycles. The number of esters is 1. The molecule has 1 aromatic rings. The van der Waals surface area contributed by atoms with Crippen molar-refractivity contribution in [2.45, 2.75) is 44.8 Å². The first-order valence-corrected chi connectivity index (χ1v) is 11.6. The van der Waals surface area contributed by atoms with Gasteiger partial charge in [-0.15, -0.1) is 0 Å². The van der Waals surface area contributed by atoms with E-state index < -0.39 is 17.8 Å². The zero-order chi connectivity index (χ0) is 22.7. The van der Waals surface area contributed by atoms with Crippen molar-refractivity contribution in [2.75, 3.05) is 20.3 Å². The summed E-state index contributed by atoms with van der Waals surface area (Å²) >= 11 is 1.39. The van der Waals surface area contributed by atoms with Gasteiger partial charge in [0.2, 0.25) is 5.91 Å². The van der Waals surface area contributed by atoms with Crippen molar-refractivity contribution in [3.05, 3.63) is 58.0 Å². The van der Waals surface area contributed by atoms with Crippen molar-refractivity contribution in [3.63, 3.8) is 0 Å².